The van der Waals surface area contributed by atoms with E-state index in [1.807, 2.05) is 0 Å². The minimum atomic E-state index is -0.539. The number of hydrogen-bond donors (Lipinski definition) is 2. The molecule has 0 aliphatic heterocycles. The highest BCUT2D eigenvalue weighted by Gasteiger charge is 2.13. The molecule has 0 bridgehead atoms. The number of nitrogens with one attached hydrogen (secondary N) is 2. The number of aryl methyl sites for hydroxylation is 1. The van der Waals surface area contributed by atoms with Crippen LogP contribution in [0, 0.1) is 18.6 Å². The molecule has 0 aliphatic rings. The Labute approximate surface area is 155 Å². The average molecular weight is 368 g/mol. The molecule has 0 atom stereocenters. The van der Waals surface area contributed by atoms with Crippen molar-refractivity contribution in [2.45, 2.75) is 13.3 Å². The molecule has 3 aromatic rings. The SMILES string of the molecule is Cc1nc(NCCc2ccccc2F)cc(C(=O)Nc2ccccc2F)n1. The van der Waals surface area contributed by atoms with Crippen molar-refractivity contribution in [2.24, 2.45) is 0 Å². The van der Waals surface area contributed by atoms with Gasteiger partial charge >= 0.3 is 0 Å². The van der Waals surface area contributed by atoms with Crippen LogP contribution in [0.1, 0.15) is 21.9 Å². The first kappa shape index (κ1) is 18.4. The Morgan fingerprint density at radius 3 is 2.44 bits per heavy atom. The lowest BCUT2D eigenvalue weighted by molar-refractivity contribution is 0.102. The number of halogens is 2. The molecule has 5 nitrogen and oxygen atoms in total. The van der Waals surface area contributed by atoms with E-state index in [1.54, 1.807) is 31.2 Å². The zero-order chi connectivity index (χ0) is 19.2. The monoisotopic (exact) mass is 368 g/mol. The van der Waals surface area contributed by atoms with Crippen molar-refractivity contribution in [3.8, 4) is 0 Å². The van der Waals surface area contributed by atoms with Crippen LogP contribution in [0.15, 0.2) is 54.6 Å². The van der Waals surface area contributed by atoms with Crippen LogP contribution < -0.4 is 10.6 Å². The number of aromatic nitrogens is 2. The van der Waals surface area contributed by atoms with E-state index in [4.69, 9.17) is 0 Å². The zero-order valence-corrected chi connectivity index (χ0v) is 14.7. The molecule has 138 valence electrons. The van der Waals surface area contributed by atoms with E-state index in [0.29, 0.717) is 30.2 Å². The molecule has 3 rings (SSSR count). The summed E-state index contributed by atoms with van der Waals surface area (Å²) in [6, 6.07) is 13.9. The largest absolute Gasteiger partial charge is 0.370 e. The van der Waals surface area contributed by atoms with Gasteiger partial charge in [-0.15, -0.1) is 0 Å². The van der Waals surface area contributed by atoms with Crippen molar-refractivity contribution < 1.29 is 13.6 Å². The molecule has 1 amide bonds. The summed E-state index contributed by atoms with van der Waals surface area (Å²) >= 11 is 0. The molecule has 27 heavy (non-hydrogen) atoms. The summed E-state index contributed by atoms with van der Waals surface area (Å²) in [6.45, 7) is 2.09. The van der Waals surface area contributed by atoms with Gasteiger partial charge in [-0.3, -0.25) is 4.79 Å². The summed E-state index contributed by atoms with van der Waals surface area (Å²) in [5, 5.41) is 5.55. The molecule has 2 aromatic carbocycles. The Morgan fingerprint density at radius 1 is 1.00 bits per heavy atom. The molecule has 0 fully saturated rings. The van der Waals surface area contributed by atoms with Gasteiger partial charge < -0.3 is 10.6 Å². The van der Waals surface area contributed by atoms with E-state index in [9.17, 15) is 13.6 Å². The molecule has 0 spiro atoms. The summed E-state index contributed by atoms with van der Waals surface area (Å²) in [7, 11) is 0. The number of rotatable bonds is 6. The number of hydrogen-bond acceptors (Lipinski definition) is 4. The molecule has 0 aliphatic carbocycles. The van der Waals surface area contributed by atoms with E-state index >= 15 is 0 Å². The van der Waals surface area contributed by atoms with Crippen LogP contribution in [0.4, 0.5) is 20.3 Å². The summed E-state index contributed by atoms with van der Waals surface area (Å²) in [5.74, 6) is -0.493. The van der Waals surface area contributed by atoms with E-state index in [1.165, 1.54) is 30.3 Å². The summed E-state index contributed by atoms with van der Waals surface area (Å²) in [5.41, 5.74) is 0.778. The Bertz CT molecular complexity index is 962. The van der Waals surface area contributed by atoms with Crippen LogP contribution in [-0.4, -0.2) is 22.4 Å². The highest BCUT2D eigenvalue weighted by Crippen LogP contribution is 2.15. The third-order valence-electron chi connectivity index (χ3n) is 3.85. The highest BCUT2D eigenvalue weighted by atomic mass is 19.1. The maximum Gasteiger partial charge on any atom is 0.274 e. The average Bonchev–Trinajstić information content (AvgIpc) is 2.65. The van der Waals surface area contributed by atoms with Crippen LogP contribution in [0.25, 0.3) is 0 Å². The van der Waals surface area contributed by atoms with Crippen LogP contribution in [0.3, 0.4) is 0 Å². The number of carbonyl (C=O) groups is 1. The Morgan fingerprint density at radius 2 is 1.70 bits per heavy atom. The summed E-state index contributed by atoms with van der Waals surface area (Å²) in [4.78, 5) is 20.7. The van der Waals surface area contributed by atoms with Gasteiger partial charge in [-0.05, 0) is 37.1 Å². The van der Waals surface area contributed by atoms with Gasteiger partial charge in [0.15, 0.2) is 0 Å². The molecule has 2 N–H and O–H groups in total. The molecular formula is C20H18F2N4O. The first-order valence-corrected chi connectivity index (χ1v) is 8.42. The van der Waals surface area contributed by atoms with Gasteiger partial charge in [0.1, 0.15) is 29.0 Å². The van der Waals surface area contributed by atoms with Crippen LogP contribution in [0.5, 0.6) is 0 Å². The molecule has 0 unspecified atom stereocenters. The highest BCUT2D eigenvalue weighted by molar-refractivity contribution is 6.03. The number of para-hydroxylation sites is 1. The fourth-order valence-electron chi connectivity index (χ4n) is 2.55. The van der Waals surface area contributed by atoms with Gasteiger partial charge in [-0.1, -0.05) is 30.3 Å². The van der Waals surface area contributed by atoms with Gasteiger partial charge in [-0.2, -0.15) is 0 Å². The van der Waals surface area contributed by atoms with Crippen molar-refractivity contribution in [3.05, 3.63) is 83.3 Å². The second kappa shape index (κ2) is 8.35. The zero-order valence-electron chi connectivity index (χ0n) is 14.7. The number of amides is 1. The van der Waals surface area contributed by atoms with Gasteiger partial charge in [-0.25, -0.2) is 18.7 Å². The fourth-order valence-corrected chi connectivity index (χ4v) is 2.55. The standard InChI is InChI=1S/C20H18F2N4O/c1-13-24-18(20(27)26-17-9-5-4-8-16(17)22)12-19(25-13)23-11-10-14-6-2-3-7-15(14)21/h2-9,12H,10-11H2,1H3,(H,26,27)(H,23,24,25). The minimum absolute atomic E-state index is 0.0767. The van der Waals surface area contributed by atoms with Crippen molar-refractivity contribution in [1.82, 2.24) is 9.97 Å². The first-order chi connectivity index (χ1) is 13.0. The number of nitrogens with zero attached hydrogens (tertiary/aromatic N) is 2. The Balaban J connectivity index is 1.67. The molecule has 7 heteroatoms. The van der Waals surface area contributed by atoms with E-state index < -0.39 is 11.7 Å². The lowest BCUT2D eigenvalue weighted by atomic mass is 10.1. The van der Waals surface area contributed by atoms with Crippen LogP contribution in [-0.2, 0) is 6.42 Å². The van der Waals surface area contributed by atoms with Crippen LogP contribution >= 0.6 is 0 Å². The molecule has 0 saturated heterocycles. The van der Waals surface area contributed by atoms with E-state index in [-0.39, 0.29) is 17.2 Å². The first-order valence-electron chi connectivity index (χ1n) is 8.42. The predicted octanol–water partition coefficient (Wildman–Crippen LogP) is 3.97. The molecular weight excluding hydrogens is 350 g/mol. The second-order valence-corrected chi connectivity index (χ2v) is 5.89. The molecule has 0 radical (unpaired) electrons. The topological polar surface area (TPSA) is 66.9 Å². The molecule has 0 saturated carbocycles. The molecule has 1 aromatic heterocycles. The molecule has 1 heterocycles. The lowest BCUT2D eigenvalue weighted by Gasteiger charge is -2.10. The lowest BCUT2D eigenvalue weighted by Crippen LogP contribution is -2.17. The van der Waals surface area contributed by atoms with E-state index in [0.717, 1.165) is 0 Å². The van der Waals surface area contributed by atoms with Crippen molar-refractivity contribution in [2.75, 3.05) is 17.2 Å². The Hall–Kier alpha value is -3.35. The normalized spacial score (nSPS) is 10.5. The maximum atomic E-state index is 13.7. The number of carbonyl (C=O) groups excluding carboxylic acids is 1. The third kappa shape index (κ3) is 4.84. The van der Waals surface area contributed by atoms with Gasteiger partial charge in [0.25, 0.3) is 5.91 Å². The predicted molar refractivity (Wildman–Crippen MR) is 99.7 cm³/mol. The second-order valence-electron chi connectivity index (χ2n) is 5.89. The number of anilines is 2. The third-order valence-corrected chi connectivity index (χ3v) is 3.85. The van der Waals surface area contributed by atoms with E-state index in [2.05, 4.69) is 20.6 Å². The van der Waals surface area contributed by atoms with Crippen LogP contribution in [0.2, 0.25) is 0 Å². The van der Waals surface area contributed by atoms with Crippen molar-refractivity contribution in [3.63, 3.8) is 0 Å². The quantitative estimate of drug-likeness (QED) is 0.691. The van der Waals surface area contributed by atoms with Crippen molar-refractivity contribution in [1.29, 1.82) is 0 Å². The Kier molecular flexibility index (Phi) is 5.71. The summed E-state index contributed by atoms with van der Waals surface area (Å²) < 4.78 is 27.3. The minimum Gasteiger partial charge on any atom is -0.370 e. The summed E-state index contributed by atoms with van der Waals surface area (Å²) in [6.07, 6.45) is 0.465. The maximum absolute atomic E-state index is 13.7. The number of benzene rings is 2. The van der Waals surface area contributed by atoms with Gasteiger partial charge in [0.05, 0.1) is 5.69 Å². The smallest absolute Gasteiger partial charge is 0.274 e. The van der Waals surface area contributed by atoms with Crippen molar-refractivity contribution >= 4 is 17.4 Å². The van der Waals surface area contributed by atoms with Gasteiger partial charge in [0.2, 0.25) is 0 Å². The fraction of sp³-hybridized carbons (Fsp3) is 0.150. The van der Waals surface area contributed by atoms with Gasteiger partial charge in [0, 0.05) is 12.6 Å².